The monoisotopic (exact) mass is 506 g/mol. The van der Waals surface area contributed by atoms with E-state index in [9.17, 15) is 8.78 Å². The van der Waals surface area contributed by atoms with Crippen molar-refractivity contribution in [1.29, 1.82) is 0 Å². The van der Waals surface area contributed by atoms with E-state index in [2.05, 4.69) is 38.0 Å². The molecule has 0 saturated carbocycles. The Morgan fingerprint density at radius 3 is 2.76 bits per heavy atom. The highest BCUT2D eigenvalue weighted by Gasteiger charge is 2.27. The molecule has 194 valence electrons. The quantitative estimate of drug-likeness (QED) is 0.497. The number of anilines is 1. The minimum Gasteiger partial charge on any atom is -0.486 e. The number of fused-ring (bicyclic) bond motifs is 2. The molecule has 3 aliphatic heterocycles. The zero-order chi connectivity index (χ0) is 25.5. The maximum Gasteiger partial charge on any atom is 0.178 e. The van der Waals surface area contributed by atoms with E-state index in [0.717, 1.165) is 44.7 Å². The van der Waals surface area contributed by atoms with Gasteiger partial charge in [-0.3, -0.25) is 4.90 Å². The lowest BCUT2D eigenvalue weighted by Crippen LogP contribution is -2.39. The number of hydrogen-bond donors (Lipinski definition) is 0. The first-order valence-electron chi connectivity index (χ1n) is 13.1. The van der Waals surface area contributed by atoms with Crippen LogP contribution in [0.5, 0.6) is 5.75 Å². The van der Waals surface area contributed by atoms with Crippen molar-refractivity contribution in [2.24, 2.45) is 0 Å². The molecule has 3 aromatic rings. The lowest BCUT2D eigenvalue weighted by molar-refractivity contribution is 0.135. The minimum atomic E-state index is -0.572. The van der Waals surface area contributed by atoms with Gasteiger partial charge in [-0.25, -0.2) is 18.7 Å². The zero-order valence-corrected chi connectivity index (χ0v) is 21.3. The van der Waals surface area contributed by atoms with Gasteiger partial charge in [0, 0.05) is 43.8 Å². The van der Waals surface area contributed by atoms with Crippen LogP contribution in [-0.4, -0.2) is 59.9 Å². The summed E-state index contributed by atoms with van der Waals surface area (Å²) in [4.78, 5) is 13.4. The molecule has 0 radical (unpaired) electrons. The summed E-state index contributed by atoms with van der Waals surface area (Å²) in [5.41, 5.74) is 4.90. The highest BCUT2D eigenvalue weighted by Crippen LogP contribution is 2.39. The molecule has 1 fully saturated rings. The Labute approximate surface area is 216 Å². The third-order valence-corrected chi connectivity index (χ3v) is 7.70. The van der Waals surface area contributed by atoms with Crippen LogP contribution in [0.2, 0.25) is 0 Å². The zero-order valence-electron chi connectivity index (χ0n) is 21.3. The molecule has 3 aliphatic rings. The fourth-order valence-electron chi connectivity index (χ4n) is 5.71. The first-order valence-corrected chi connectivity index (χ1v) is 13.1. The second-order valence-electron chi connectivity index (χ2n) is 10.4. The molecule has 1 unspecified atom stereocenters. The van der Waals surface area contributed by atoms with Crippen molar-refractivity contribution in [3.05, 3.63) is 70.7 Å². The highest BCUT2D eigenvalue weighted by molar-refractivity contribution is 5.72. The van der Waals surface area contributed by atoms with Crippen molar-refractivity contribution in [3.63, 3.8) is 0 Å². The fraction of sp³-hybridized carbons (Fsp3) is 0.448. The second-order valence-corrected chi connectivity index (χ2v) is 10.4. The molecule has 1 saturated heterocycles. The Balaban J connectivity index is 1.25. The van der Waals surface area contributed by atoms with E-state index in [-0.39, 0.29) is 17.5 Å². The van der Waals surface area contributed by atoms with E-state index in [1.54, 1.807) is 6.07 Å². The van der Waals surface area contributed by atoms with Gasteiger partial charge in [-0.15, -0.1) is 0 Å². The van der Waals surface area contributed by atoms with Gasteiger partial charge >= 0.3 is 0 Å². The van der Waals surface area contributed by atoms with Gasteiger partial charge in [0.2, 0.25) is 0 Å². The van der Waals surface area contributed by atoms with E-state index in [0.29, 0.717) is 42.7 Å². The third kappa shape index (κ3) is 4.80. The largest absolute Gasteiger partial charge is 0.486 e. The van der Waals surface area contributed by atoms with Crippen molar-refractivity contribution in [3.8, 4) is 17.0 Å². The van der Waals surface area contributed by atoms with Crippen molar-refractivity contribution in [2.75, 3.05) is 37.8 Å². The minimum absolute atomic E-state index is 0.105. The first kappa shape index (κ1) is 24.2. The molecule has 0 spiro atoms. The van der Waals surface area contributed by atoms with E-state index in [1.165, 1.54) is 23.4 Å². The topological polar surface area (TPSA) is 50.7 Å². The summed E-state index contributed by atoms with van der Waals surface area (Å²) in [6, 6.07) is 10.3. The summed E-state index contributed by atoms with van der Waals surface area (Å²) in [6.07, 6.45) is 3.77. The second kappa shape index (κ2) is 9.99. The number of aromatic nitrogens is 2. The van der Waals surface area contributed by atoms with Gasteiger partial charge in [-0.1, -0.05) is 18.2 Å². The number of halogens is 2. The molecule has 0 bridgehead atoms. The van der Waals surface area contributed by atoms with Crippen LogP contribution in [0.1, 0.15) is 42.8 Å². The van der Waals surface area contributed by atoms with Crippen LogP contribution in [0.4, 0.5) is 14.5 Å². The number of rotatable bonds is 5. The lowest BCUT2D eigenvalue weighted by Gasteiger charge is -2.34. The molecule has 37 heavy (non-hydrogen) atoms. The van der Waals surface area contributed by atoms with Gasteiger partial charge in [0.1, 0.15) is 18.1 Å². The summed E-state index contributed by atoms with van der Waals surface area (Å²) in [7, 11) is 0. The smallest absolute Gasteiger partial charge is 0.178 e. The highest BCUT2D eigenvalue weighted by atomic mass is 19.1. The molecule has 0 amide bonds. The van der Waals surface area contributed by atoms with Crippen LogP contribution in [0.15, 0.2) is 36.5 Å². The van der Waals surface area contributed by atoms with Gasteiger partial charge in [-0.2, -0.15) is 0 Å². The van der Waals surface area contributed by atoms with E-state index < -0.39 is 11.6 Å². The van der Waals surface area contributed by atoms with E-state index in [1.807, 2.05) is 13.8 Å². The average molecular weight is 507 g/mol. The molecule has 0 N–H and O–H groups in total. The summed E-state index contributed by atoms with van der Waals surface area (Å²) >= 11 is 0. The van der Waals surface area contributed by atoms with E-state index >= 15 is 0 Å². The fourth-order valence-corrected chi connectivity index (χ4v) is 5.71. The first-order chi connectivity index (χ1) is 18.0. The van der Waals surface area contributed by atoms with Crippen LogP contribution < -0.4 is 9.64 Å². The Morgan fingerprint density at radius 1 is 1.05 bits per heavy atom. The standard InChI is InChI=1S/C29H32F2N4O2/c1-18(2)35-8-10-37-29-24(30)13-22(14-26(29)35)28-25(31)15-32-27(33-28)12-19-3-4-21-16-34(7-5-20(21)11-19)23-6-9-36-17-23/h3-4,11,13-15,18,23H,5-10,12,16-17H2,1-2H3. The SMILES string of the molecule is CC(C)N1CCOc2c(F)cc(-c3nc(Cc4ccc5c(c4)CCN(C4CCOC4)C5)ncc3F)cc21. The number of benzene rings is 2. The average Bonchev–Trinajstić information content (AvgIpc) is 3.44. The molecule has 6 nitrogen and oxygen atoms in total. The predicted molar refractivity (Wildman–Crippen MR) is 138 cm³/mol. The van der Waals surface area contributed by atoms with Gasteiger partial charge in [0.15, 0.2) is 17.4 Å². The molecule has 1 aromatic heterocycles. The van der Waals surface area contributed by atoms with Crippen molar-refractivity contribution >= 4 is 5.69 Å². The molecule has 4 heterocycles. The van der Waals surface area contributed by atoms with Crippen LogP contribution >= 0.6 is 0 Å². The Hall–Kier alpha value is -3.10. The molecule has 6 rings (SSSR count). The molecular weight excluding hydrogens is 474 g/mol. The Morgan fingerprint density at radius 2 is 1.95 bits per heavy atom. The predicted octanol–water partition coefficient (Wildman–Crippen LogP) is 4.77. The molecule has 2 aromatic carbocycles. The van der Waals surface area contributed by atoms with Gasteiger partial charge in [0.25, 0.3) is 0 Å². The van der Waals surface area contributed by atoms with Crippen molar-refractivity contribution < 1.29 is 18.3 Å². The summed E-state index contributed by atoms with van der Waals surface area (Å²) in [5.74, 6) is -0.360. The van der Waals surface area contributed by atoms with Crippen LogP contribution in [0, 0.1) is 11.6 Å². The molecule has 8 heteroatoms. The molecular formula is C29H32F2N4O2. The summed E-state index contributed by atoms with van der Waals surface area (Å²) in [6.45, 7) is 8.81. The van der Waals surface area contributed by atoms with Crippen LogP contribution in [0.3, 0.4) is 0 Å². The van der Waals surface area contributed by atoms with Crippen molar-refractivity contribution in [2.45, 2.75) is 51.7 Å². The summed E-state index contributed by atoms with van der Waals surface area (Å²) in [5, 5.41) is 0. The Kier molecular flexibility index (Phi) is 6.55. The molecule has 0 aliphatic carbocycles. The number of nitrogens with zero attached hydrogens (tertiary/aromatic N) is 4. The van der Waals surface area contributed by atoms with E-state index in [4.69, 9.17) is 9.47 Å². The van der Waals surface area contributed by atoms with Crippen molar-refractivity contribution in [1.82, 2.24) is 14.9 Å². The van der Waals surface area contributed by atoms with Crippen LogP contribution in [-0.2, 0) is 24.1 Å². The molecule has 1 atom stereocenters. The number of hydrogen-bond acceptors (Lipinski definition) is 6. The summed E-state index contributed by atoms with van der Waals surface area (Å²) < 4.78 is 41.0. The normalized spacial score (nSPS) is 19.6. The maximum absolute atomic E-state index is 15.0. The number of ether oxygens (including phenoxy) is 2. The third-order valence-electron chi connectivity index (χ3n) is 7.70. The van der Waals surface area contributed by atoms with Crippen LogP contribution in [0.25, 0.3) is 11.3 Å². The maximum atomic E-state index is 15.0. The van der Waals surface area contributed by atoms with Gasteiger partial charge in [0.05, 0.1) is 25.0 Å². The van der Waals surface area contributed by atoms with Gasteiger partial charge < -0.3 is 14.4 Å². The Bertz CT molecular complexity index is 1310. The lowest BCUT2D eigenvalue weighted by atomic mass is 9.95. The van der Waals surface area contributed by atoms with Gasteiger partial charge in [-0.05, 0) is 55.5 Å².